The van der Waals surface area contributed by atoms with Crippen LogP contribution in [0.15, 0.2) is 30.3 Å². The zero-order valence-electron chi connectivity index (χ0n) is 9.19. The highest BCUT2D eigenvalue weighted by Crippen LogP contribution is 2.12. The standard InChI is InChI=1S/C9H11NO5S2/c1-16(12,13)10(17(2,14)15)9(11)8-6-4-3-5-7-8/h3-7H,1-2H3. The van der Waals surface area contributed by atoms with Crippen LogP contribution in [0, 0.1) is 0 Å². The maximum atomic E-state index is 11.8. The maximum Gasteiger partial charge on any atom is 0.281 e. The van der Waals surface area contributed by atoms with Gasteiger partial charge in [0, 0.05) is 5.56 Å². The van der Waals surface area contributed by atoms with E-state index < -0.39 is 26.0 Å². The van der Waals surface area contributed by atoms with Crippen LogP contribution in [-0.4, -0.2) is 39.0 Å². The molecule has 1 aromatic rings. The molecule has 6 nitrogen and oxygen atoms in total. The average molecular weight is 277 g/mol. The molecule has 1 aromatic carbocycles. The molecule has 0 N–H and O–H groups in total. The fourth-order valence-corrected chi connectivity index (χ4v) is 4.01. The molecule has 0 aliphatic rings. The van der Waals surface area contributed by atoms with Crippen LogP contribution in [0.3, 0.4) is 0 Å². The highest BCUT2D eigenvalue weighted by Gasteiger charge is 2.33. The van der Waals surface area contributed by atoms with Gasteiger partial charge in [-0.05, 0) is 12.1 Å². The lowest BCUT2D eigenvalue weighted by Crippen LogP contribution is -2.40. The predicted octanol–water partition coefficient (Wildman–Crippen LogP) is 0.0480. The molecule has 0 unspecified atom stereocenters. The smallest absolute Gasteiger partial charge is 0.267 e. The summed E-state index contributed by atoms with van der Waals surface area (Å²) in [7, 11) is -8.35. The number of nitrogens with zero attached hydrogens (tertiary/aromatic N) is 1. The normalized spacial score (nSPS) is 12.1. The average Bonchev–Trinajstić information content (AvgIpc) is 2.14. The highest BCUT2D eigenvalue weighted by atomic mass is 32.3. The van der Waals surface area contributed by atoms with E-state index in [1.54, 1.807) is 6.07 Å². The first-order valence-corrected chi connectivity index (χ1v) is 8.13. The lowest BCUT2D eigenvalue weighted by molar-refractivity contribution is 0.0923. The van der Waals surface area contributed by atoms with Crippen molar-refractivity contribution in [3.05, 3.63) is 35.9 Å². The van der Waals surface area contributed by atoms with Crippen LogP contribution < -0.4 is 0 Å². The minimum Gasteiger partial charge on any atom is -0.267 e. The summed E-state index contributed by atoms with van der Waals surface area (Å²) in [4.78, 5) is 11.8. The first-order chi connectivity index (χ1) is 7.64. The van der Waals surface area contributed by atoms with E-state index in [9.17, 15) is 21.6 Å². The molecule has 1 amide bonds. The molecule has 0 radical (unpaired) electrons. The van der Waals surface area contributed by atoms with E-state index in [2.05, 4.69) is 0 Å². The van der Waals surface area contributed by atoms with Crippen molar-refractivity contribution in [1.29, 1.82) is 0 Å². The Hall–Kier alpha value is -1.41. The summed E-state index contributed by atoms with van der Waals surface area (Å²) < 4.78 is 45.2. The summed E-state index contributed by atoms with van der Waals surface area (Å²) in [6, 6.07) is 7.32. The summed E-state index contributed by atoms with van der Waals surface area (Å²) in [5, 5.41) is 0. The molecular formula is C9H11NO5S2. The molecule has 8 heteroatoms. The van der Waals surface area contributed by atoms with E-state index in [-0.39, 0.29) is 9.27 Å². The summed E-state index contributed by atoms with van der Waals surface area (Å²) in [6.07, 6.45) is 1.32. The fraction of sp³-hybridized carbons (Fsp3) is 0.222. The minimum absolute atomic E-state index is 0.0108. The third kappa shape index (κ3) is 3.27. The summed E-state index contributed by atoms with van der Waals surface area (Å²) in [5.74, 6) is -1.09. The van der Waals surface area contributed by atoms with Crippen molar-refractivity contribution in [2.24, 2.45) is 0 Å². The largest absolute Gasteiger partial charge is 0.281 e. The molecule has 94 valence electrons. The molecule has 1 rings (SSSR count). The van der Waals surface area contributed by atoms with Gasteiger partial charge in [-0.25, -0.2) is 16.8 Å². The van der Waals surface area contributed by atoms with E-state index in [0.717, 1.165) is 0 Å². The van der Waals surface area contributed by atoms with Crippen molar-refractivity contribution in [2.75, 3.05) is 12.5 Å². The molecule has 0 bridgehead atoms. The number of sulfonamides is 2. The summed E-state index contributed by atoms with van der Waals surface area (Å²) in [6.45, 7) is 0. The van der Waals surface area contributed by atoms with Crippen LogP contribution in [0.1, 0.15) is 10.4 Å². The Bertz CT molecular complexity index is 587. The van der Waals surface area contributed by atoms with Crippen molar-refractivity contribution in [3.8, 4) is 0 Å². The Morgan fingerprint density at radius 1 is 0.941 bits per heavy atom. The Morgan fingerprint density at radius 2 is 1.35 bits per heavy atom. The molecule has 0 heterocycles. The van der Waals surface area contributed by atoms with Gasteiger partial charge in [0.2, 0.25) is 20.0 Å². The predicted molar refractivity (Wildman–Crippen MR) is 62.3 cm³/mol. The van der Waals surface area contributed by atoms with E-state index in [1.807, 2.05) is 0 Å². The number of hydrogen-bond donors (Lipinski definition) is 0. The SMILES string of the molecule is CS(=O)(=O)N(C(=O)c1ccccc1)S(C)(=O)=O. The van der Waals surface area contributed by atoms with Gasteiger partial charge in [0.25, 0.3) is 5.91 Å². The second kappa shape index (κ2) is 4.46. The van der Waals surface area contributed by atoms with Gasteiger partial charge in [0.15, 0.2) is 0 Å². The third-order valence-electron chi connectivity index (χ3n) is 1.79. The number of hydrogen-bond acceptors (Lipinski definition) is 5. The lowest BCUT2D eigenvalue weighted by Gasteiger charge is -2.17. The highest BCUT2D eigenvalue weighted by molar-refractivity contribution is 8.04. The van der Waals surface area contributed by atoms with Crippen LogP contribution in [0.25, 0.3) is 0 Å². The zero-order valence-corrected chi connectivity index (χ0v) is 10.8. The van der Waals surface area contributed by atoms with Crippen LogP contribution >= 0.6 is 0 Å². The molecule has 0 aliphatic heterocycles. The maximum absolute atomic E-state index is 11.8. The number of carbonyl (C=O) groups excluding carboxylic acids is 1. The Morgan fingerprint density at radius 3 is 1.71 bits per heavy atom. The molecular weight excluding hydrogens is 266 g/mol. The lowest BCUT2D eigenvalue weighted by atomic mass is 10.2. The van der Waals surface area contributed by atoms with Gasteiger partial charge < -0.3 is 0 Å². The van der Waals surface area contributed by atoms with Gasteiger partial charge in [-0.3, -0.25) is 4.79 Å². The molecule has 0 fully saturated rings. The first-order valence-electron chi connectivity index (χ1n) is 4.44. The Balaban J connectivity index is 3.34. The Labute approximate surface area is 100.0 Å². The van der Waals surface area contributed by atoms with E-state index in [0.29, 0.717) is 12.5 Å². The van der Waals surface area contributed by atoms with Crippen molar-refractivity contribution in [1.82, 2.24) is 3.71 Å². The quantitative estimate of drug-likeness (QED) is 0.778. The Kier molecular flexibility index (Phi) is 3.58. The van der Waals surface area contributed by atoms with Crippen LogP contribution in [0.5, 0.6) is 0 Å². The van der Waals surface area contributed by atoms with Gasteiger partial charge in [0.05, 0.1) is 12.5 Å². The van der Waals surface area contributed by atoms with Crippen LogP contribution in [-0.2, 0) is 20.0 Å². The number of carbonyl (C=O) groups is 1. The van der Waals surface area contributed by atoms with Gasteiger partial charge in [-0.1, -0.05) is 18.2 Å². The molecule has 0 saturated carbocycles. The molecule has 0 atom stereocenters. The minimum atomic E-state index is -4.17. The molecule has 0 aliphatic carbocycles. The van der Waals surface area contributed by atoms with Crippen molar-refractivity contribution in [2.45, 2.75) is 0 Å². The first kappa shape index (κ1) is 13.7. The molecule has 0 aromatic heterocycles. The molecule has 0 spiro atoms. The second-order valence-corrected chi connectivity index (χ2v) is 7.29. The van der Waals surface area contributed by atoms with E-state index >= 15 is 0 Å². The van der Waals surface area contributed by atoms with Crippen LogP contribution in [0.4, 0.5) is 0 Å². The van der Waals surface area contributed by atoms with E-state index in [4.69, 9.17) is 0 Å². The van der Waals surface area contributed by atoms with Crippen molar-refractivity contribution >= 4 is 26.0 Å². The number of benzene rings is 1. The monoisotopic (exact) mass is 277 g/mol. The topological polar surface area (TPSA) is 88.6 Å². The van der Waals surface area contributed by atoms with Gasteiger partial charge in [-0.15, -0.1) is 3.71 Å². The van der Waals surface area contributed by atoms with Gasteiger partial charge in [0.1, 0.15) is 0 Å². The number of amides is 1. The van der Waals surface area contributed by atoms with Crippen LogP contribution in [0.2, 0.25) is 0 Å². The van der Waals surface area contributed by atoms with E-state index in [1.165, 1.54) is 24.3 Å². The third-order valence-corrected chi connectivity index (χ3v) is 4.95. The molecule has 17 heavy (non-hydrogen) atoms. The fourth-order valence-electron chi connectivity index (χ4n) is 1.23. The van der Waals surface area contributed by atoms with Crippen molar-refractivity contribution < 1.29 is 21.6 Å². The zero-order chi connectivity index (χ0) is 13.3. The molecule has 0 saturated heterocycles. The van der Waals surface area contributed by atoms with Gasteiger partial charge >= 0.3 is 0 Å². The summed E-state index contributed by atoms with van der Waals surface area (Å²) >= 11 is 0. The van der Waals surface area contributed by atoms with Crippen molar-refractivity contribution in [3.63, 3.8) is 0 Å². The number of rotatable bonds is 3. The second-order valence-electron chi connectivity index (χ2n) is 3.39. The summed E-state index contributed by atoms with van der Waals surface area (Å²) in [5.41, 5.74) is -0.0108. The van der Waals surface area contributed by atoms with Gasteiger partial charge in [-0.2, -0.15) is 0 Å².